The van der Waals surface area contributed by atoms with Crippen molar-refractivity contribution < 1.29 is 8.78 Å². The minimum atomic E-state index is -2.73. The van der Waals surface area contributed by atoms with Crippen molar-refractivity contribution in [1.82, 2.24) is 19.8 Å². The fraction of sp³-hybridized carbons (Fsp3) is 0.353. The molecule has 0 bridgehead atoms. The van der Waals surface area contributed by atoms with Gasteiger partial charge in [0.05, 0.1) is 6.04 Å². The molecule has 0 amide bonds. The number of hydrogen-bond acceptors (Lipinski definition) is 4. The van der Waals surface area contributed by atoms with Gasteiger partial charge >= 0.3 is 0 Å². The Morgan fingerprint density at radius 3 is 2.33 bits per heavy atom. The number of benzene rings is 1. The zero-order chi connectivity index (χ0) is 17.3. The summed E-state index contributed by atoms with van der Waals surface area (Å²) in [4.78, 5) is 0. The lowest BCUT2D eigenvalue weighted by molar-refractivity contribution is 0.137. The molecule has 0 radical (unpaired) electrons. The number of fused-ring (bicyclic) bond motifs is 1. The molecule has 1 aromatic carbocycles. The topological polar surface area (TPSA) is 55.1 Å². The van der Waals surface area contributed by atoms with E-state index in [0.717, 1.165) is 10.1 Å². The van der Waals surface area contributed by atoms with E-state index in [1.165, 1.54) is 0 Å². The van der Waals surface area contributed by atoms with Crippen LogP contribution in [-0.4, -0.2) is 19.8 Å². The summed E-state index contributed by atoms with van der Waals surface area (Å²) in [6.07, 6.45) is -2.73. The third-order valence-corrected chi connectivity index (χ3v) is 3.77. The summed E-state index contributed by atoms with van der Waals surface area (Å²) >= 11 is 0. The molecule has 7 heteroatoms. The van der Waals surface area contributed by atoms with Gasteiger partial charge in [-0.3, -0.25) is 0 Å². The van der Waals surface area contributed by atoms with Gasteiger partial charge in [0.25, 0.3) is 6.43 Å². The molecule has 1 unspecified atom stereocenters. The van der Waals surface area contributed by atoms with Crippen molar-refractivity contribution in [1.29, 1.82) is 0 Å². The van der Waals surface area contributed by atoms with Crippen LogP contribution in [0.1, 0.15) is 44.6 Å². The van der Waals surface area contributed by atoms with Gasteiger partial charge < -0.3 is 5.32 Å². The standard InChI is InChI=1S/C17H19F2N5/c1-17(2,3)14(11-7-5-4-6-8-11)20-12-9-10-13-21-22-16(15(18)19)24(13)23-12/h4-10,14-15H,1-3H3,(H,20,23). The van der Waals surface area contributed by atoms with Crippen LogP contribution in [0.25, 0.3) is 5.65 Å². The van der Waals surface area contributed by atoms with E-state index in [2.05, 4.69) is 41.4 Å². The van der Waals surface area contributed by atoms with Gasteiger partial charge in [-0.1, -0.05) is 51.1 Å². The second kappa shape index (κ2) is 6.14. The zero-order valence-corrected chi connectivity index (χ0v) is 13.7. The Balaban J connectivity index is 1.98. The van der Waals surface area contributed by atoms with Gasteiger partial charge in [-0.25, -0.2) is 8.78 Å². The Morgan fingerprint density at radius 2 is 1.71 bits per heavy atom. The van der Waals surface area contributed by atoms with Crippen LogP contribution in [0.5, 0.6) is 0 Å². The second-order valence-corrected chi connectivity index (χ2v) is 6.70. The number of nitrogens with one attached hydrogen (secondary N) is 1. The molecule has 3 aromatic rings. The van der Waals surface area contributed by atoms with Crippen LogP contribution in [0.2, 0.25) is 0 Å². The molecule has 0 aliphatic heterocycles. The lowest BCUT2D eigenvalue weighted by atomic mass is 9.82. The molecule has 2 aromatic heterocycles. The van der Waals surface area contributed by atoms with Crippen LogP contribution in [-0.2, 0) is 0 Å². The van der Waals surface area contributed by atoms with Crippen LogP contribution in [0.15, 0.2) is 42.5 Å². The highest BCUT2D eigenvalue weighted by Crippen LogP contribution is 2.35. The Bertz CT molecular complexity index is 824. The van der Waals surface area contributed by atoms with Crippen molar-refractivity contribution in [3.63, 3.8) is 0 Å². The number of hydrogen-bond donors (Lipinski definition) is 1. The Morgan fingerprint density at radius 1 is 1.00 bits per heavy atom. The van der Waals surface area contributed by atoms with Crippen LogP contribution < -0.4 is 5.32 Å². The maximum Gasteiger partial charge on any atom is 0.299 e. The van der Waals surface area contributed by atoms with Gasteiger partial charge in [0.1, 0.15) is 5.82 Å². The zero-order valence-electron chi connectivity index (χ0n) is 13.7. The average molecular weight is 331 g/mol. The SMILES string of the molecule is CC(C)(C)C(Nc1ccc2nnc(C(F)F)n2n1)c1ccccc1. The van der Waals surface area contributed by atoms with Crippen LogP contribution in [0.3, 0.4) is 0 Å². The minimum absolute atomic E-state index is 0.0323. The normalized spacial score (nSPS) is 13.4. The average Bonchev–Trinajstić information content (AvgIpc) is 2.95. The summed E-state index contributed by atoms with van der Waals surface area (Å²) in [6, 6.07) is 13.3. The summed E-state index contributed by atoms with van der Waals surface area (Å²) in [5.41, 5.74) is 1.30. The molecule has 0 saturated carbocycles. The van der Waals surface area contributed by atoms with Gasteiger partial charge in [0, 0.05) is 0 Å². The molecule has 1 atom stereocenters. The smallest absolute Gasteiger partial charge is 0.299 e. The monoisotopic (exact) mass is 331 g/mol. The molecule has 0 aliphatic carbocycles. The number of alkyl halides is 2. The van der Waals surface area contributed by atoms with Gasteiger partial charge in [0.2, 0.25) is 5.82 Å². The first-order valence-electron chi connectivity index (χ1n) is 7.68. The largest absolute Gasteiger partial charge is 0.361 e. The molecule has 24 heavy (non-hydrogen) atoms. The fourth-order valence-electron chi connectivity index (χ4n) is 2.61. The van der Waals surface area contributed by atoms with Crippen molar-refractivity contribution in [2.24, 2.45) is 5.41 Å². The van der Waals surface area contributed by atoms with Crippen molar-refractivity contribution in [3.8, 4) is 0 Å². The summed E-state index contributed by atoms with van der Waals surface area (Å²) in [5.74, 6) is 0.0358. The van der Waals surface area contributed by atoms with Gasteiger partial charge in [-0.2, -0.15) is 4.52 Å². The first-order valence-corrected chi connectivity index (χ1v) is 7.68. The molecular formula is C17H19F2N5. The van der Waals surface area contributed by atoms with E-state index in [1.807, 2.05) is 30.3 Å². The number of nitrogens with zero attached hydrogens (tertiary/aromatic N) is 4. The lowest BCUT2D eigenvalue weighted by Crippen LogP contribution is -2.26. The summed E-state index contributed by atoms with van der Waals surface area (Å²) < 4.78 is 27.1. The highest BCUT2D eigenvalue weighted by molar-refractivity contribution is 5.46. The van der Waals surface area contributed by atoms with Crippen LogP contribution in [0, 0.1) is 5.41 Å². The van der Waals surface area contributed by atoms with Crippen molar-refractivity contribution in [2.75, 3.05) is 5.32 Å². The highest BCUT2D eigenvalue weighted by atomic mass is 19.3. The third kappa shape index (κ3) is 3.20. The molecule has 0 aliphatic rings. The molecule has 5 nitrogen and oxygen atoms in total. The molecule has 0 saturated heterocycles. The Hall–Kier alpha value is -2.57. The number of halogens is 2. The number of rotatable bonds is 4. The van der Waals surface area contributed by atoms with E-state index in [4.69, 9.17) is 0 Å². The van der Waals surface area contributed by atoms with Gasteiger partial charge in [-0.15, -0.1) is 15.3 Å². The molecule has 1 N–H and O–H groups in total. The maximum absolute atomic E-state index is 13.0. The predicted molar refractivity (Wildman–Crippen MR) is 88.0 cm³/mol. The predicted octanol–water partition coefficient (Wildman–Crippen LogP) is 4.26. The fourth-order valence-corrected chi connectivity index (χ4v) is 2.61. The first kappa shape index (κ1) is 16.3. The quantitative estimate of drug-likeness (QED) is 0.776. The molecule has 126 valence electrons. The molecule has 2 heterocycles. The summed E-state index contributed by atoms with van der Waals surface area (Å²) in [5, 5.41) is 14.8. The third-order valence-electron chi connectivity index (χ3n) is 3.77. The highest BCUT2D eigenvalue weighted by Gasteiger charge is 2.27. The lowest BCUT2D eigenvalue weighted by Gasteiger charge is -2.32. The van der Waals surface area contributed by atoms with E-state index in [0.29, 0.717) is 11.5 Å². The molecule has 3 rings (SSSR count). The van der Waals surface area contributed by atoms with Gasteiger partial charge in [-0.05, 0) is 23.1 Å². The van der Waals surface area contributed by atoms with Gasteiger partial charge in [0.15, 0.2) is 5.65 Å². The van der Waals surface area contributed by atoms with Crippen molar-refractivity contribution in [3.05, 3.63) is 53.9 Å². The van der Waals surface area contributed by atoms with E-state index < -0.39 is 12.2 Å². The van der Waals surface area contributed by atoms with Crippen LogP contribution in [0.4, 0.5) is 14.6 Å². The summed E-state index contributed by atoms with van der Waals surface area (Å²) in [6.45, 7) is 6.33. The molecule has 0 fully saturated rings. The van der Waals surface area contributed by atoms with Crippen molar-refractivity contribution in [2.45, 2.75) is 33.2 Å². The Kier molecular flexibility index (Phi) is 4.17. The van der Waals surface area contributed by atoms with E-state index in [9.17, 15) is 8.78 Å². The second-order valence-electron chi connectivity index (χ2n) is 6.70. The van der Waals surface area contributed by atoms with E-state index in [1.54, 1.807) is 12.1 Å². The number of aromatic nitrogens is 4. The number of anilines is 1. The first-order chi connectivity index (χ1) is 11.4. The maximum atomic E-state index is 13.0. The van der Waals surface area contributed by atoms with Crippen molar-refractivity contribution >= 4 is 11.5 Å². The molecule has 0 spiro atoms. The van der Waals surface area contributed by atoms with Crippen LogP contribution >= 0.6 is 0 Å². The minimum Gasteiger partial charge on any atom is -0.361 e. The summed E-state index contributed by atoms with van der Waals surface area (Å²) in [7, 11) is 0. The van der Waals surface area contributed by atoms with E-state index in [-0.39, 0.29) is 11.5 Å². The Labute approximate surface area is 138 Å². The molecular weight excluding hydrogens is 312 g/mol. The van der Waals surface area contributed by atoms with E-state index >= 15 is 0 Å².